The van der Waals surface area contributed by atoms with Crippen molar-refractivity contribution in [2.24, 2.45) is 0 Å². The minimum Gasteiger partial charge on any atom is -0.307 e. The van der Waals surface area contributed by atoms with E-state index in [-0.39, 0.29) is 5.54 Å². The van der Waals surface area contributed by atoms with E-state index in [1.807, 2.05) is 0 Å². The molecule has 0 aliphatic carbocycles. The van der Waals surface area contributed by atoms with Crippen LogP contribution in [0.5, 0.6) is 0 Å². The topological polar surface area (TPSA) is 12.0 Å². The fraction of sp³-hybridized carbons (Fsp3) is 0.600. The minimum absolute atomic E-state index is 0.275. The first kappa shape index (κ1) is 13.2. The molecule has 0 heterocycles. The van der Waals surface area contributed by atoms with E-state index >= 15 is 0 Å². The molecule has 0 aliphatic rings. The van der Waals surface area contributed by atoms with E-state index in [0.29, 0.717) is 0 Å². The third kappa shape index (κ3) is 3.64. The lowest BCUT2D eigenvalue weighted by Crippen LogP contribution is -2.40. The molecule has 90 valence electrons. The average molecular weight is 219 g/mol. The van der Waals surface area contributed by atoms with Crippen molar-refractivity contribution in [3.05, 3.63) is 34.9 Å². The molecule has 0 bridgehead atoms. The van der Waals surface area contributed by atoms with Gasteiger partial charge in [0.05, 0.1) is 0 Å². The summed E-state index contributed by atoms with van der Waals surface area (Å²) in [7, 11) is 0. The third-order valence-electron chi connectivity index (χ3n) is 3.56. The van der Waals surface area contributed by atoms with Crippen molar-refractivity contribution in [3.8, 4) is 0 Å². The number of nitrogens with one attached hydrogen (secondary N) is 1. The largest absolute Gasteiger partial charge is 0.307 e. The van der Waals surface area contributed by atoms with Gasteiger partial charge in [-0.25, -0.2) is 0 Å². The molecule has 0 aliphatic heterocycles. The highest BCUT2D eigenvalue weighted by Gasteiger charge is 2.17. The molecule has 0 spiro atoms. The molecule has 1 heteroatoms. The van der Waals surface area contributed by atoms with Crippen LogP contribution in [0.1, 0.15) is 50.3 Å². The molecule has 0 amide bonds. The number of hydrogen-bond donors (Lipinski definition) is 1. The quantitative estimate of drug-likeness (QED) is 0.790. The van der Waals surface area contributed by atoms with Crippen molar-refractivity contribution < 1.29 is 0 Å². The molecule has 1 aromatic carbocycles. The normalized spacial score (nSPS) is 11.8. The van der Waals surface area contributed by atoms with Crippen LogP contribution < -0.4 is 5.32 Å². The van der Waals surface area contributed by atoms with Crippen LogP contribution in [-0.4, -0.2) is 5.54 Å². The van der Waals surface area contributed by atoms with Crippen molar-refractivity contribution >= 4 is 0 Å². The summed E-state index contributed by atoms with van der Waals surface area (Å²) < 4.78 is 0. The van der Waals surface area contributed by atoms with Gasteiger partial charge >= 0.3 is 0 Å². The summed E-state index contributed by atoms with van der Waals surface area (Å²) in [6.45, 7) is 12.1. The van der Waals surface area contributed by atoms with Gasteiger partial charge in [0.25, 0.3) is 0 Å². The van der Waals surface area contributed by atoms with Crippen LogP contribution in [0.3, 0.4) is 0 Å². The van der Waals surface area contributed by atoms with E-state index in [4.69, 9.17) is 0 Å². The van der Waals surface area contributed by atoms with Gasteiger partial charge in [-0.1, -0.05) is 43.2 Å². The van der Waals surface area contributed by atoms with Gasteiger partial charge in [-0.05, 0) is 39.2 Å². The van der Waals surface area contributed by atoms with E-state index in [0.717, 1.165) is 6.54 Å². The Balaban J connectivity index is 2.67. The standard InChI is InChI=1S/C15H25N/c1-6-15(5,7-2)16-11-14-9-12(3)8-13(4)10-14/h8-10,16H,6-7,11H2,1-5H3. The molecule has 0 radical (unpaired) electrons. The molecule has 1 rings (SSSR count). The Morgan fingerprint density at radius 2 is 1.50 bits per heavy atom. The SMILES string of the molecule is CCC(C)(CC)NCc1cc(C)cc(C)c1. The van der Waals surface area contributed by atoms with Gasteiger partial charge in [0.1, 0.15) is 0 Å². The highest BCUT2D eigenvalue weighted by Crippen LogP contribution is 2.15. The van der Waals surface area contributed by atoms with Crippen molar-refractivity contribution in [3.63, 3.8) is 0 Å². The molecular formula is C15H25N. The molecule has 0 fully saturated rings. The third-order valence-corrected chi connectivity index (χ3v) is 3.56. The van der Waals surface area contributed by atoms with Crippen molar-refractivity contribution in [1.82, 2.24) is 5.32 Å². The van der Waals surface area contributed by atoms with E-state index in [1.165, 1.54) is 29.5 Å². The van der Waals surface area contributed by atoms with Gasteiger partial charge in [0.15, 0.2) is 0 Å². The van der Waals surface area contributed by atoms with Gasteiger partial charge in [-0.15, -0.1) is 0 Å². The molecule has 0 saturated heterocycles. The van der Waals surface area contributed by atoms with E-state index in [2.05, 4.69) is 58.1 Å². The van der Waals surface area contributed by atoms with Crippen LogP contribution in [0.15, 0.2) is 18.2 Å². The highest BCUT2D eigenvalue weighted by molar-refractivity contribution is 5.28. The smallest absolute Gasteiger partial charge is 0.0210 e. The first-order chi connectivity index (χ1) is 7.49. The molecule has 0 saturated carbocycles. The lowest BCUT2D eigenvalue weighted by Gasteiger charge is -2.28. The summed E-state index contributed by atoms with van der Waals surface area (Å²) in [4.78, 5) is 0. The lowest BCUT2D eigenvalue weighted by atomic mass is 9.95. The first-order valence-corrected chi connectivity index (χ1v) is 6.31. The van der Waals surface area contributed by atoms with Gasteiger partial charge in [0.2, 0.25) is 0 Å². The zero-order valence-corrected chi connectivity index (χ0v) is 11.4. The molecule has 0 unspecified atom stereocenters. The summed E-state index contributed by atoms with van der Waals surface area (Å²) in [6, 6.07) is 6.76. The Labute approximate surface area is 100 Å². The number of aryl methyl sites for hydroxylation is 2. The van der Waals surface area contributed by atoms with Crippen LogP contribution in [0.2, 0.25) is 0 Å². The molecular weight excluding hydrogens is 194 g/mol. The molecule has 16 heavy (non-hydrogen) atoms. The second kappa shape index (κ2) is 5.49. The van der Waals surface area contributed by atoms with Crippen LogP contribution in [0, 0.1) is 13.8 Å². The zero-order chi connectivity index (χ0) is 12.2. The minimum atomic E-state index is 0.275. The van der Waals surface area contributed by atoms with Gasteiger partial charge in [0, 0.05) is 12.1 Å². The second-order valence-corrected chi connectivity index (χ2v) is 5.12. The Morgan fingerprint density at radius 1 is 1.00 bits per heavy atom. The Morgan fingerprint density at radius 3 is 1.94 bits per heavy atom. The molecule has 1 nitrogen and oxygen atoms in total. The predicted molar refractivity (Wildman–Crippen MR) is 71.7 cm³/mol. The number of benzene rings is 1. The number of rotatable bonds is 5. The van der Waals surface area contributed by atoms with Crippen molar-refractivity contribution in [1.29, 1.82) is 0 Å². The first-order valence-electron chi connectivity index (χ1n) is 6.31. The molecule has 0 atom stereocenters. The van der Waals surface area contributed by atoms with Crippen molar-refractivity contribution in [2.75, 3.05) is 0 Å². The summed E-state index contributed by atoms with van der Waals surface area (Å²) in [6.07, 6.45) is 2.35. The van der Waals surface area contributed by atoms with Gasteiger partial charge in [-0.3, -0.25) is 0 Å². The maximum Gasteiger partial charge on any atom is 0.0210 e. The monoisotopic (exact) mass is 219 g/mol. The Hall–Kier alpha value is -0.820. The highest BCUT2D eigenvalue weighted by atomic mass is 15.0. The summed E-state index contributed by atoms with van der Waals surface area (Å²) in [5, 5.41) is 3.67. The maximum absolute atomic E-state index is 3.67. The van der Waals surface area contributed by atoms with Crippen LogP contribution >= 0.6 is 0 Å². The fourth-order valence-electron chi connectivity index (χ4n) is 1.99. The number of hydrogen-bond acceptors (Lipinski definition) is 1. The van der Waals surface area contributed by atoms with E-state index < -0.39 is 0 Å². The molecule has 0 aromatic heterocycles. The zero-order valence-electron chi connectivity index (χ0n) is 11.4. The summed E-state index contributed by atoms with van der Waals surface area (Å²) in [5.74, 6) is 0. The van der Waals surface area contributed by atoms with E-state index in [9.17, 15) is 0 Å². The van der Waals surface area contributed by atoms with Crippen LogP contribution in [-0.2, 0) is 6.54 Å². The maximum atomic E-state index is 3.67. The van der Waals surface area contributed by atoms with Crippen LogP contribution in [0.4, 0.5) is 0 Å². The Kier molecular flexibility index (Phi) is 4.55. The fourth-order valence-corrected chi connectivity index (χ4v) is 1.99. The average Bonchev–Trinajstić information content (AvgIpc) is 2.25. The lowest BCUT2D eigenvalue weighted by molar-refractivity contribution is 0.329. The van der Waals surface area contributed by atoms with E-state index in [1.54, 1.807) is 0 Å². The second-order valence-electron chi connectivity index (χ2n) is 5.12. The van der Waals surface area contributed by atoms with Crippen molar-refractivity contribution in [2.45, 2.75) is 59.5 Å². The van der Waals surface area contributed by atoms with Gasteiger partial charge < -0.3 is 5.32 Å². The summed E-state index contributed by atoms with van der Waals surface area (Å²) >= 11 is 0. The molecule has 1 aromatic rings. The Bertz CT molecular complexity index is 317. The predicted octanol–water partition coefficient (Wildman–Crippen LogP) is 3.97. The molecule has 1 N–H and O–H groups in total. The van der Waals surface area contributed by atoms with Gasteiger partial charge in [-0.2, -0.15) is 0 Å². The van der Waals surface area contributed by atoms with Crippen LogP contribution in [0.25, 0.3) is 0 Å². The summed E-state index contributed by atoms with van der Waals surface area (Å²) in [5.41, 5.74) is 4.38.